The minimum absolute atomic E-state index is 0.0724. The van der Waals surface area contributed by atoms with Crippen LogP contribution in [0.15, 0.2) is 30.5 Å². The van der Waals surface area contributed by atoms with E-state index >= 15 is 0 Å². The number of likely N-dealkylation sites (tertiary alicyclic amines) is 1. The molecular weight excluding hydrogens is 439 g/mol. The van der Waals surface area contributed by atoms with Crippen molar-refractivity contribution < 1.29 is 35.3 Å². The van der Waals surface area contributed by atoms with E-state index in [1.807, 2.05) is 0 Å². The standard InChI is InChI=1S/C19H22F3N3O5S/c1-18(2,3)29-17(26)25-7-6-13(11-25)24-14-8-12-9-15(4-5-16(12)23-10-14)30-31(27,28)19(20,21)22/h4-5,8-10,13,24H,6-7,11H2,1-3H3. The average molecular weight is 461 g/mol. The number of rotatable bonds is 4. The van der Waals surface area contributed by atoms with Crippen LogP contribution in [0.2, 0.25) is 0 Å². The second kappa shape index (κ2) is 8.06. The van der Waals surface area contributed by atoms with E-state index in [1.165, 1.54) is 12.1 Å². The van der Waals surface area contributed by atoms with Crippen molar-refractivity contribution in [3.05, 3.63) is 30.5 Å². The van der Waals surface area contributed by atoms with Gasteiger partial charge in [0.05, 0.1) is 17.4 Å². The van der Waals surface area contributed by atoms with Crippen LogP contribution in [0, 0.1) is 0 Å². The second-order valence-corrected chi connectivity index (χ2v) is 9.66. The van der Waals surface area contributed by atoms with Crippen LogP contribution in [0.4, 0.5) is 23.7 Å². The quantitative estimate of drug-likeness (QED) is 0.545. The first kappa shape index (κ1) is 22.9. The van der Waals surface area contributed by atoms with E-state index < -0.39 is 33.1 Å². The lowest BCUT2D eigenvalue weighted by molar-refractivity contribution is -0.0500. The van der Waals surface area contributed by atoms with Crippen LogP contribution < -0.4 is 9.50 Å². The lowest BCUT2D eigenvalue weighted by Crippen LogP contribution is -2.36. The molecule has 0 radical (unpaired) electrons. The molecule has 1 saturated heterocycles. The summed E-state index contributed by atoms with van der Waals surface area (Å²) in [5.41, 5.74) is -5.10. The fraction of sp³-hybridized carbons (Fsp3) is 0.474. The van der Waals surface area contributed by atoms with Gasteiger partial charge in [0.2, 0.25) is 0 Å². The molecule has 2 heterocycles. The number of hydrogen-bond donors (Lipinski definition) is 1. The maximum Gasteiger partial charge on any atom is 0.534 e. The first-order chi connectivity index (χ1) is 14.2. The molecule has 170 valence electrons. The van der Waals surface area contributed by atoms with Gasteiger partial charge in [-0.2, -0.15) is 21.6 Å². The molecule has 31 heavy (non-hydrogen) atoms. The van der Waals surface area contributed by atoms with Crippen LogP contribution in [0.5, 0.6) is 5.75 Å². The predicted octanol–water partition coefficient (Wildman–Crippen LogP) is 3.88. The number of amides is 1. The summed E-state index contributed by atoms with van der Waals surface area (Å²) in [6.07, 6.45) is 1.82. The largest absolute Gasteiger partial charge is 0.534 e. The van der Waals surface area contributed by atoms with Crippen LogP contribution in [0.1, 0.15) is 27.2 Å². The molecule has 0 aliphatic carbocycles. The molecule has 1 unspecified atom stereocenters. The topological polar surface area (TPSA) is 97.8 Å². The molecule has 0 bridgehead atoms. The SMILES string of the molecule is CC(C)(C)OC(=O)N1CCC(Nc2cnc3ccc(OS(=O)(=O)C(F)(F)F)cc3c2)C1. The fourth-order valence-electron chi connectivity index (χ4n) is 3.02. The first-order valence-corrected chi connectivity index (χ1v) is 10.8. The molecule has 1 aliphatic rings. The normalized spacial score (nSPS) is 17.6. The van der Waals surface area contributed by atoms with Gasteiger partial charge >= 0.3 is 21.7 Å². The van der Waals surface area contributed by atoms with Gasteiger partial charge in [0, 0.05) is 24.5 Å². The maximum absolute atomic E-state index is 12.5. The molecule has 8 nitrogen and oxygen atoms in total. The number of carbonyl (C=O) groups excluding carboxylic acids is 1. The van der Waals surface area contributed by atoms with Crippen molar-refractivity contribution in [3.8, 4) is 5.75 Å². The minimum Gasteiger partial charge on any atom is -0.444 e. The summed E-state index contributed by atoms with van der Waals surface area (Å²) in [4.78, 5) is 18.0. The number of carbonyl (C=O) groups is 1. The van der Waals surface area contributed by atoms with Crippen molar-refractivity contribution >= 4 is 32.8 Å². The van der Waals surface area contributed by atoms with Crippen molar-refractivity contribution in [2.75, 3.05) is 18.4 Å². The summed E-state index contributed by atoms with van der Waals surface area (Å²) < 4.78 is 69.5. The molecule has 1 N–H and O–H groups in total. The molecule has 1 fully saturated rings. The third-order valence-electron chi connectivity index (χ3n) is 4.35. The van der Waals surface area contributed by atoms with Gasteiger partial charge < -0.3 is 19.1 Å². The molecule has 2 aromatic rings. The molecule has 1 aliphatic heterocycles. The highest BCUT2D eigenvalue weighted by Gasteiger charge is 2.48. The van der Waals surface area contributed by atoms with Gasteiger partial charge in [-0.3, -0.25) is 4.98 Å². The number of ether oxygens (including phenoxy) is 1. The Labute approximate surface area is 177 Å². The zero-order valence-electron chi connectivity index (χ0n) is 17.1. The Morgan fingerprint density at radius 2 is 1.94 bits per heavy atom. The Bertz CT molecular complexity index is 1080. The second-order valence-electron chi connectivity index (χ2n) is 8.12. The Morgan fingerprint density at radius 1 is 1.23 bits per heavy atom. The summed E-state index contributed by atoms with van der Waals surface area (Å²) in [6.45, 7) is 6.29. The van der Waals surface area contributed by atoms with E-state index in [9.17, 15) is 26.4 Å². The number of pyridine rings is 1. The van der Waals surface area contributed by atoms with Crippen LogP contribution in [0.25, 0.3) is 10.9 Å². The van der Waals surface area contributed by atoms with E-state index in [1.54, 1.807) is 37.9 Å². The number of halogens is 3. The molecule has 1 aromatic carbocycles. The molecular formula is C19H22F3N3O5S. The monoisotopic (exact) mass is 461 g/mol. The van der Waals surface area contributed by atoms with Gasteiger partial charge in [0.25, 0.3) is 0 Å². The number of hydrogen-bond acceptors (Lipinski definition) is 7. The summed E-state index contributed by atoms with van der Waals surface area (Å²) in [7, 11) is -5.76. The first-order valence-electron chi connectivity index (χ1n) is 9.38. The fourth-order valence-corrected chi connectivity index (χ4v) is 3.47. The van der Waals surface area contributed by atoms with Crippen molar-refractivity contribution in [2.45, 2.75) is 44.3 Å². The Balaban J connectivity index is 1.70. The van der Waals surface area contributed by atoms with E-state index in [4.69, 9.17) is 4.74 Å². The van der Waals surface area contributed by atoms with Crippen molar-refractivity contribution in [1.29, 1.82) is 0 Å². The summed E-state index contributed by atoms with van der Waals surface area (Å²) in [5, 5.41) is 3.61. The predicted molar refractivity (Wildman–Crippen MR) is 107 cm³/mol. The van der Waals surface area contributed by atoms with E-state index in [0.717, 1.165) is 6.07 Å². The lowest BCUT2D eigenvalue weighted by Gasteiger charge is -2.24. The number of nitrogens with one attached hydrogen (secondary N) is 1. The van der Waals surface area contributed by atoms with E-state index in [-0.39, 0.29) is 6.04 Å². The third-order valence-corrected chi connectivity index (χ3v) is 5.33. The summed E-state index contributed by atoms with van der Waals surface area (Å²) in [6, 6.07) is 5.17. The average Bonchev–Trinajstić information content (AvgIpc) is 3.07. The van der Waals surface area contributed by atoms with Gasteiger partial charge in [0.1, 0.15) is 11.4 Å². The Hall–Kier alpha value is -2.76. The highest BCUT2D eigenvalue weighted by atomic mass is 32.2. The van der Waals surface area contributed by atoms with Crippen LogP contribution in [0.3, 0.4) is 0 Å². The van der Waals surface area contributed by atoms with Crippen molar-refractivity contribution in [2.24, 2.45) is 0 Å². The zero-order chi connectivity index (χ0) is 23.0. The number of aromatic nitrogens is 1. The third kappa shape index (κ3) is 5.69. The number of benzene rings is 1. The highest BCUT2D eigenvalue weighted by Crippen LogP contribution is 2.29. The van der Waals surface area contributed by atoms with Crippen molar-refractivity contribution in [3.63, 3.8) is 0 Å². The van der Waals surface area contributed by atoms with Crippen LogP contribution in [-0.2, 0) is 14.9 Å². The molecule has 1 amide bonds. The summed E-state index contributed by atoms with van der Waals surface area (Å²) >= 11 is 0. The van der Waals surface area contributed by atoms with Crippen molar-refractivity contribution in [1.82, 2.24) is 9.88 Å². The Kier molecular flexibility index (Phi) is 5.96. The number of fused-ring (bicyclic) bond motifs is 1. The summed E-state index contributed by atoms with van der Waals surface area (Å²) in [5.74, 6) is -0.472. The molecule has 1 aromatic heterocycles. The van der Waals surface area contributed by atoms with Gasteiger partial charge in [0.15, 0.2) is 0 Å². The van der Waals surface area contributed by atoms with Gasteiger partial charge in [-0.15, -0.1) is 0 Å². The number of alkyl halides is 3. The Morgan fingerprint density at radius 3 is 2.58 bits per heavy atom. The van der Waals surface area contributed by atoms with E-state index in [2.05, 4.69) is 14.5 Å². The molecule has 1 atom stereocenters. The number of anilines is 1. The van der Waals surface area contributed by atoms with Crippen LogP contribution >= 0.6 is 0 Å². The van der Waals surface area contributed by atoms with Crippen LogP contribution in [-0.4, -0.2) is 54.6 Å². The smallest absolute Gasteiger partial charge is 0.444 e. The molecule has 0 spiro atoms. The molecule has 0 saturated carbocycles. The highest BCUT2D eigenvalue weighted by molar-refractivity contribution is 7.88. The minimum atomic E-state index is -5.76. The number of nitrogens with zero attached hydrogens (tertiary/aromatic N) is 2. The molecule has 3 rings (SSSR count). The van der Waals surface area contributed by atoms with Gasteiger partial charge in [-0.05, 0) is 51.5 Å². The van der Waals surface area contributed by atoms with Gasteiger partial charge in [-0.1, -0.05) is 0 Å². The lowest BCUT2D eigenvalue weighted by atomic mass is 10.2. The maximum atomic E-state index is 12.5. The van der Waals surface area contributed by atoms with E-state index in [0.29, 0.717) is 36.1 Å². The van der Waals surface area contributed by atoms with Gasteiger partial charge in [-0.25, -0.2) is 4.79 Å². The molecule has 12 heteroatoms. The zero-order valence-corrected chi connectivity index (χ0v) is 17.9.